The van der Waals surface area contributed by atoms with Crippen LogP contribution in [0.2, 0.25) is 0 Å². The standard InChI is InChI=1S/C11H12BrClO/c1-7(2)10(11(13)14)8-3-5-9(12)6-4-8/h3-7,10H,1-2H3/t10-/m0/s1. The van der Waals surface area contributed by atoms with E-state index >= 15 is 0 Å². The van der Waals surface area contributed by atoms with Gasteiger partial charge in [-0.15, -0.1) is 0 Å². The highest BCUT2D eigenvalue weighted by Gasteiger charge is 2.21. The highest BCUT2D eigenvalue weighted by molar-refractivity contribution is 9.10. The predicted octanol–water partition coefficient (Wildman–Crippen LogP) is 3.95. The molecule has 1 nitrogen and oxygen atoms in total. The lowest BCUT2D eigenvalue weighted by atomic mass is 9.90. The van der Waals surface area contributed by atoms with E-state index in [9.17, 15) is 4.79 Å². The summed E-state index contributed by atoms with van der Waals surface area (Å²) in [6.07, 6.45) is 0. The maximum Gasteiger partial charge on any atom is 0.229 e. The quantitative estimate of drug-likeness (QED) is 0.763. The molecule has 0 aliphatic rings. The summed E-state index contributed by atoms with van der Waals surface area (Å²) in [5, 5.41) is -0.290. The van der Waals surface area contributed by atoms with Gasteiger partial charge in [-0.2, -0.15) is 0 Å². The molecule has 0 radical (unpaired) electrons. The molecule has 0 heterocycles. The summed E-state index contributed by atoms with van der Waals surface area (Å²) in [5.41, 5.74) is 0.975. The zero-order valence-electron chi connectivity index (χ0n) is 8.13. The van der Waals surface area contributed by atoms with Crippen molar-refractivity contribution in [1.82, 2.24) is 0 Å². The van der Waals surface area contributed by atoms with Gasteiger partial charge in [0, 0.05) is 4.47 Å². The van der Waals surface area contributed by atoms with E-state index in [2.05, 4.69) is 15.9 Å². The molecule has 14 heavy (non-hydrogen) atoms. The van der Waals surface area contributed by atoms with Gasteiger partial charge in [-0.1, -0.05) is 41.9 Å². The van der Waals surface area contributed by atoms with Gasteiger partial charge in [0.2, 0.25) is 5.24 Å². The van der Waals surface area contributed by atoms with Crippen LogP contribution in [0.15, 0.2) is 28.7 Å². The van der Waals surface area contributed by atoms with Crippen LogP contribution in [0.4, 0.5) is 0 Å². The summed E-state index contributed by atoms with van der Waals surface area (Å²) in [7, 11) is 0. The largest absolute Gasteiger partial charge is 0.281 e. The van der Waals surface area contributed by atoms with E-state index in [1.807, 2.05) is 38.1 Å². The summed E-state index contributed by atoms with van der Waals surface area (Å²) in [6.45, 7) is 3.99. The van der Waals surface area contributed by atoms with Crippen molar-refractivity contribution in [3.63, 3.8) is 0 Å². The van der Waals surface area contributed by atoms with E-state index in [0.29, 0.717) is 0 Å². The third-order valence-electron chi connectivity index (χ3n) is 2.14. The zero-order valence-corrected chi connectivity index (χ0v) is 10.5. The predicted molar refractivity (Wildman–Crippen MR) is 62.6 cm³/mol. The molecule has 0 N–H and O–H groups in total. The third kappa shape index (κ3) is 2.82. The Morgan fingerprint density at radius 1 is 1.29 bits per heavy atom. The van der Waals surface area contributed by atoms with E-state index < -0.39 is 0 Å². The van der Waals surface area contributed by atoms with Crippen molar-refractivity contribution in [2.45, 2.75) is 19.8 Å². The Balaban J connectivity index is 3.00. The van der Waals surface area contributed by atoms with E-state index in [1.165, 1.54) is 0 Å². The van der Waals surface area contributed by atoms with Gasteiger partial charge in [-0.05, 0) is 35.2 Å². The summed E-state index contributed by atoms with van der Waals surface area (Å²) >= 11 is 8.91. The second kappa shape index (κ2) is 4.94. The van der Waals surface area contributed by atoms with Crippen LogP contribution in [-0.2, 0) is 4.79 Å². The first-order valence-corrected chi connectivity index (χ1v) is 5.64. The van der Waals surface area contributed by atoms with Crippen molar-refractivity contribution in [3.05, 3.63) is 34.3 Å². The maximum absolute atomic E-state index is 11.2. The van der Waals surface area contributed by atoms with E-state index in [4.69, 9.17) is 11.6 Å². The summed E-state index contributed by atoms with van der Waals surface area (Å²) in [5.74, 6) is 0.0194. The van der Waals surface area contributed by atoms with Crippen molar-refractivity contribution in [1.29, 1.82) is 0 Å². The van der Waals surface area contributed by atoms with Crippen LogP contribution in [0.5, 0.6) is 0 Å². The lowest BCUT2D eigenvalue weighted by Gasteiger charge is -2.16. The van der Waals surface area contributed by atoms with Gasteiger partial charge in [-0.3, -0.25) is 4.79 Å². The molecule has 0 fully saturated rings. The van der Waals surface area contributed by atoms with Crippen molar-refractivity contribution < 1.29 is 4.79 Å². The Hall–Kier alpha value is -0.340. The molecule has 0 amide bonds. The fraction of sp³-hybridized carbons (Fsp3) is 0.364. The molecule has 0 aromatic heterocycles. The number of benzene rings is 1. The summed E-state index contributed by atoms with van der Waals surface area (Å²) in [4.78, 5) is 11.2. The molecular weight excluding hydrogens is 263 g/mol. The molecule has 0 aliphatic heterocycles. The molecule has 1 aromatic carbocycles. The Kier molecular flexibility index (Phi) is 4.14. The lowest BCUT2D eigenvalue weighted by Crippen LogP contribution is -2.13. The molecular formula is C11H12BrClO. The third-order valence-corrected chi connectivity index (χ3v) is 2.90. The van der Waals surface area contributed by atoms with Gasteiger partial charge >= 0.3 is 0 Å². The van der Waals surface area contributed by atoms with E-state index in [-0.39, 0.29) is 17.1 Å². The van der Waals surface area contributed by atoms with Gasteiger partial charge in [0.1, 0.15) is 0 Å². The highest BCUT2D eigenvalue weighted by Crippen LogP contribution is 2.27. The van der Waals surface area contributed by atoms with Gasteiger partial charge in [0.05, 0.1) is 5.92 Å². The Bertz CT molecular complexity index is 319. The molecule has 3 heteroatoms. The maximum atomic E-state index is 11.2. The van der Waals surface area contributed by atoms with Crippen LogP contribution in [0, 0.1) is 5.92 Å². The minimum Gasteiger partial charge on any atom is -0.281 e. The Morgan fingerprint density at radius 3 is 2.14 bits per heavy atom. The molecule has 0 aliphatic carbocycles. The first kappa shape index (κ1) is 11.7. The molecule has 0 bridgehead atoms. The smallest absolute Gasteiger partial charge is 0.229 e. The number of carbonyl (C=O) groups excluding carboxylic acids is 1. The van der Waals surface area contributed by atoms with Crippen LogP contribution in [-0.4, -0.2) is 5.24 Å². The van der Waals surface area contributed by atoms with Crippen LogP contribution in [0.3, 0.4) is 0 Å². The lowest BCUT2D eigenvalue weighted by molar-refractivity contribution is -0.113. The molecule has 0 spiro atoms. The number of hydrogen-bond donors (Lipinski definition) is 0. The summed E-state index contributed by atoms with van der Waals surface area (Å²) in [6, 6.07) is 7.69. The Labute approximate surface area is 97.6 Å². The average Bonchev–Trinajstić information content (AvgIpc) is 2.07. The number of halogens is 2. The van der Waals surface area contributed by atoms with Crippen molar-refractivity contribution >= 4 is 32.8 Å². The first-order chi connectivity index (χ1) is 6.52. The monoisotopic (exact) mass is 274 g/mol. The highest BCUT2D eigenvalue weighted by atomic mass is 79.9. The van der Waals surface area contributed by atoms with Crippen LogP contribution in [0.1, 0.15) is 25.3 Å². The van der Waals surface area contributed by atoms with Gasteiger partial charge in [-0.25, -0.2) is 0 Å². The molecule has 1 rings (SSSR count). The second-order valence-electron chi connectivity index (χ2n) is 3.58. The molecule has 76 valence electrons. The molecule has 0 saturated heterocycles. The number of carbonyl (C=O) groups is 1. The molecule has 0 unspecified atom stereocenters. The van der Waals surface area contributed by atoms with Crippen LogP contribution in [0.25, 0.3) is 0 Å². The van der Waals surface area contributed by atoms with Crippen LogP contribution >= 0.6 is 27.5 Å². The summed E-state index contributed by atoms with van der Waals surface area (Å²) < 4.78 is 1.01. The van der Waals surface area contributed by atoms with E-state index in [0.717, 1.165) is 10.0 Å². The first-order valence-electron chi connectivity index (χ1n) is 4.47. The minimum absolute atomic E-state index is 0.204. The number of hydrogen-bond acceptors (Lipinski definition) is 1. The molecule has 0 saturated carbocycles. The van der Waals surface area contributed by atoms with E-state index in [1.54, 1.807) is 0 Å². The SMILES string of the molecule is CC(C)[C@H](C(=O)Cl)c1ccc(Br)cc1. The van der Waals surface area contributed by atoms with Gasteiger partial charge < -0.3 is 0 Å². The number of rotatable bonds is 3. The minimum atomic E-state index is -0.290. The topological polar surface area (TPSA) is 17.1 Å². The molecule has 1 atom stereocenters. The van der Waals surface area contributed by atoms with Crippen molar-refractivity contribution in [3.8, 4) is 0 Å². The average molecular weight is 276 g/mol. The van der Waals surface area contributed by atoms with Gasteiger partial charge in [0.25, 0.3) is 0 Å². The van der Waals surface area contributed by atoms with Crippen molar-refractivity contribution in [2.75, 3.05) is 0 Å². The second-order valence-corrected chi connectivity index (χ2v) is 4.87. The fourth-order valence-electron chi connectivity index (χ4n) is 1.45. The Morgan fingerprint density at radius 2 is 1.79 bits per heavy atom. The van der Waals surface area contributed by atoms with Gasteiger partial charge in [0.15, 0.2) is 0 Å². The fourth-order valence-corrected chi connectivity index (χ4v) is 2.09. The molecule has 1 aromatic rings. The van der Waals surface area contributed by atoms with Crippen molar-refractivity contribution in [2.24, 2.45) is 5.92 Å². The van der Waals surface area contributed by atoms with Crippen LogP contribution < -0.4 is 0 Å². The normalized spacial score (nSPS) is 12.9. The zero-order chi connectivity index (χ0) is 10.7.